The van der Waals surface area contributed by atoms with Crippen LogP contribution in [-0.2, 0) is 9.47 Å². The minimum Gasteiger partial charge on any atom is -0.458 e. The normalized spacial score (nSPS) is 14.8. The molecule has 0 spiro atoms. The lowest BCUT2D eigenvalue weighted by atomic mass is 9.75. The summed E-state index contributed by atoms with van der Waals surface area (Å²) in [5, 5.41) is 0. The maximum Gasteiger partial charge on any atom is 0.338 e. The SMILES string of the molecule is CCC(OC(=O)c1ccccc1)C(CCC(C)C)C(CCC(C)C)C(CC)OC(=O)c1ccccc1. The van der Waals surface area contributed by atoms with Gasteiger partial charge < -0.3 is 9.47 Å². The Morgan fingerprint density at radius 1 is 0.583 bits per heavy atom. The van der Waals surface area contributed by atoms with Crippen LogP contribution in [0.2, 0.25) is 0 Å². The monoisotopic (exact) mass is 494 g/mol. The Bertz CT molecular complexity index is 815. The van der Waals surface area contributed by atoms with Crippen LogP contribution in [0.4, 0.5) is 0 Å². The maximum atomic E-state index is 13.0. The van der Waals surface area contributed by atoms with Crippen molar-refractivity contribution in [3.8, 4) is 0 Å². The van der Waals surface area contributed by atoms with Crippen LogP contribution in [0.3, 0.4) is 0 Å². The molecule has 4 nitrogen and oxygen atoms in total. The molecule has 2 rings (SSSR count). The zero-order valence-electron chi connectivity index (χ0n) is 23.1. The molecule has 0 saturated carbocycles. The van der Waals surface area contributed by atoms with Crippen molar-refractivity contribution in [3.63, 3.8) is 0 Å². The van der Waals surface area contributed by atoms with Gasteiger partial charge in [0.05, 0.1) is 11.1 Å². The van der Waals surface area contributed by atoms with Gasteiger partial charge in [0.15, 0.2) is 0 Å². The van der Waals surface area contributed by atoms with Crippen molar-refractivity contribution in [2.45, 2.75) is 92.3 Å². The number of ether oxygens (including phenoxy) is 2. The molecule has 2 aromatic rings. The van der Waals surface area contributed by atoms with Crippen LogP contribution >= 0.6 is 0 Å². The molecule has 198 valence electrons. The van der Waals surface area contributed by atoms with Gasteiger partial charge in [-0.15, -0.1) is 0 Å². The molecule has 0 radical (unpaired) electrons. The van der Waals surface area contributed by atoms with E-state index in [2.05, 4.69) is 41.5 Å². The van der Waals surface area contributed by atoms with Crippen molar-refractivity contribution in [2.24, 2.45) is 23.7 Å². The Morgan fingerprint density at radius 2 is 0.917 bits per heavy atom. The van der Waals surface area contributed by atoms with Gasteiger partial charge in [-0.25, -0.2) is 9.59 Å². The Kier molecular flexibility index (Phi) is 12.7. The highest BCUT2D eigenvalue weighted by Crippen LogP contribution is 2.36. The zero-order valence-corrected chi connectivity index (χ0v) is 23.1. The maximum absolute atomic E-state index is 13.0. The van der Waals surface area contributed by atoms with Crippen LogP contribution in [0.15, 0.2) is 60.7 Å². The van der Waals surface area contributed by atoms with E-state index in [4.69, 9.17) is 9.47 Å². The Labute approximate surface area is 218 Å². The van der Waals surface area contributed by atoms with Crippen molar-refractivity contribution in [2.75, 3.05) is 0 Å². The minimum atomic E-state index is -0.283. The minimum absolute atomic E-state index is 0.109. The summed E-state index contributed by atoms with van der Waals surface area (Å²) >= 11 is 0. The molecule has 0 aliphatic heterocycles. The quantitative estimate of drug-likeness (QED) is 0.233. The van der Waals surface area contributed by atoms with Gasteiger partial charge in [-0.3, -0.25) is 0 Å². The molecular formula is C32H46O4. The molecule has 0 aromatic heterocycles. The number of rotatable bonds is 15. The molecule has 36 heavy (non-hydrogen) atoms. The van der Waals surface area contributed by atoms with Gasteiger partial charge in [0.1, 0.15) is 12.2 Å². The highest BCUT2D eigenvalue weighted by Gasteiger charge is 2.37. The van der Waals surface area contributed by atoms with Crippen molar-refractivity contribution in [1.82, 2.24) is 0 Å². The first kappa shape index (κ1) is 29.6. The third-order valence-electron chi connectivity index (χ3n) is 7.00. The van der Waals surface area contributed by atoms with Crippen molar-refractivity contribution in [1.29, 1.82) is 0 Å². The van der Waals surface area contributed by atoms with E-state index in [1.165, 1.54) is 0 Å². The van der Waals surface area contributed by atoms with Gasteiger partial charge in [-0.2, -0.15) is 0 Å². The third kappa shape index (κ3) is 9.44. The van der Waals surface area contributed by atoms with Gasteiger partial charge in [0, 0.05) is 11.8 Å². The fraction of sp³-hybridized carbons (Fsp3) is 0.562. The fourth-order valence-electron chi connectivity index (χ4n) is 4.91. The molecule has 0 amide bonds. The van der Waals surface area contributed by atoms with E-state index in [1.807, 2.05) is 36.4 Å². The lowest BCUT2D eigenvalue weighted by Crippen LogP contribution is -2.40. The highest BCUT2D eigenvalue weighted by atomic mass is 16.6. The van der Waals surface area contributed by atoms with Crippen LogP contribution in [0.5, 0.6) is 0 Å². The average molecular weight is 495 g/mol. The molecular weight excluding hydrogens is 448 g/mol. The van der Waals surface area contributed by atoms with E-state index >= 15 is 0 Å². The van der Waals surface area contributed by atoms with Gasteiger partial charge >= 0.3 is 11.9 Å². The zero-order chi connectivity index (χ0) is 26.5. The smallest absolute Gasteiger partial charge is 0.338 e. The van der Waals surface area contributed by atoms with Crippen LogP contribution in [-0.4, -0.2) is 24.1 Å². The highest BCUT2D eigenvalue weighted by molar-refractivity contribution is 5.90. The molecule has 0 saturated heterocycles. The molecule has 0 heterocycles. The lowest BCUT2D eigenvalue weighted by molar-refractivity contribution is -0.0414. The first-order chi connectivity index (χ1) is 17.3. The van der Waals surface area contributed by atoms with E-state index < -0.39 is 0 Å². The Hall–Kier alpha value is -2.62. The van der Waals surface area contributed by atoms with Crippen LogP contribution in [0, 0.1) is 23.7 Å². The third-order valence-corrected chi connectivity index (χ3v) is 7.00. The van der Waals surface area contributed by atoms with Gasteiger partial charge in [0.25, 0.3) is 0 Å². The molecule has 0 fully saturated rings. The molecule has 0 bridgehead atoms. The van der Waals surface area contributed by atoms with Crippen LogP contribution in [0.1, 0.15) is 101 Å². The fourth-order valence-corrected chi connectivity index (χ4v) is 4.91. The Morgan fingerprint density at radius 3 is 1.19 bits per heavy atom. The summed E-state index contributed by atoms with van der Waals surface area (Å²) in [6.07, 6.45) is 4.90. The summed E-state index contributed by atoms with van der Waals surface area (Å²) in [6, 6.07) is 18.4. The number of esters is 2. The van der Waals surface area contributed by atoms with Gasteiger partial charge in [-0.05, 0) is 61.8 Å². The second-order valence-electron chi connectivity index (χ2n) is 10.7. The predicted molar refractivity (Wildman–Crippen MR) is 147 cm³/mol. The molecule has 0 aliphatic carbocycles. The molecule has 0 aliphatic rings. The van der Waals surface area contributed by atoms with E-state index in [9.17, 15) is 9.59 Å². The molecule has 4 heteroatoms. The summed E-state index contributed by atoms with van der Waals surface area (Å²) in [6.45, 7) is 13.1. The molecule has 4 atom stereocenters. The first-order valence-corrected chi connectivity index (χ1v) is 13.8. The predicted octanol–water partition coefficient (Wildman–Crippen LogP) is 8.36. The topological polar surface area (TPSA) is 52.6 Å². The van der Waals surface area contributed by atoms with Gasteiger partial charge in [-0.1, -0.05) is 90.8 Å². The summed E-state index contributed by atoms with van der Waals surface area (Å²) in [5.74, 6) is 0.720. The Balaban J connectivity index is 2.36. The second kappa shape index (κ2) is 15.5. The number of carbonyl (C=O) groups excluding carboxylic acids is 2. The molecule has 4 unspecified atom stereocenters. The molecule has 2 aromatic carbocycles. The number of hydrogen-bond donors (Lipinski definition) is 0. The number of hydrogen-bond acceptors (Lipinski definition) is 4. The van der Waals surface area contributed by atoms with Crippen LogP contribution < -0.4 is 0 Å². The molecule has 0 N–H and O–H groups in total. The van der Waals surface area contributed by atoms with E-state index in [0.717, 1.165) is 38.5 Å². The van der Waals surface area contributed by atoms with Crippen molar-refractivity contribution >= 4 is 11.9 Å². The summed E-state index contributed by atoms with van der Waals surface area (Å²) in [5.41, 5.74) is 1.14. The van der Waals surface area contributed by atoms with E-state index in [0.29, 0.717) is 23.0 Å². The van der Waals surface area contributed by atoms with E-state index in [1.54, 1.807) is 24.3 Å². The number of benzene rings is 2. The summed E-state index contributed by atoms with van der Waals surface area (Å²) in [7, 11) is 0. The van der Waals surface area contributed by atoms with E-state index in [-0.39, 0.29) is 36.0 Å². The van der Waals surface area contributed by atoms with Crippen molar-refractivity contribution in [3.05, 3.63) is 71.8 Å². The summed E-state index contributed by atoms with van der Waals surface area (Å²) in [4.78, 5) is 26.1. The standard InChI is InChI=1S/C32H46O4/c1-7-29(35-31(33)25-15-11-9-12-16-25)27(21-19-23(3)4)28(22-20-24(5)6)30(8-2)36-32(34)26-17-13-10-14-18-26/h9-18,23-24,27-30H,7-8,19-22H2,1-6H3. The van der Waals surface area contributed by atoms with Gasteiger partial charge in [0.2, 0.25) is 0 Å². The largest absolute Gasteiger partial charge is 0.458 e. The first-order valence-electron chi connectivity index (χ1n) is 13.8. The average Bonchev–Trinajstić information content (AvgIpc) is 2.88. The van der Waals surface area contributed by atoms with Crippen LogP contribution in [0.25, 0.3) is 0 Å². The lowest BCUT2D eigenvalue weighted by Gasteiger charge is -2.38. The van der Waals surface area contributed by atoms with Crippen molar-refractivity contribution < 1.29 is 19.1 Å². The number of carbonyl (C=O) groups is 2. The second-order valence-corrected chi connectivity index (χ2v) is 10.7. The summed E-state index contributed by atoms with van der Waals surface area (Å²) < 4.78 is 12.3.